The maximum absolute atomic E-state index is 12.9. The first-order valence-corrected chi connectivity index (χ1v) is 10.9. The molecule has 0 saturated carbocycles. The van der Waals surface area contributed by atoms with Crippen LogP contribution in [0.1, 0.15) is 32.3 Å². The summed E-state index contributed by atoms with van der Waals surface area (Å²) in [6, 6.07) is 8.11. The molecule has 1 unspecified atom stereocenters. The van der Waals surface area contributed by atoms with E-state index in [-0.39, 0.29) is 11.8 Å². The number of aromatic nitrogens is 4. The van der Waals surface area contributed by atoms with Crippen LogP contribution in [0, 0.1) is 12.8 Å². The summed E-state index contributed by atoms with van der Waals surface area (Å²) in [5.74, 6) is 1.46. The van der Waals surface area contributed by atoms with Crippen LogP contribution in [-0.2, 0) is 4.79 Å². The number of hydrogen-bond acceptors (Lipinski definition) is 7. The Hall–Kier alpha value is -3.29. The van der Waals surface area contributed by atoms with Gasteiger partial charge in [-0.15, -0.1) is 0 Å². The second-order valence-electron chi connectivity index (χ2n) is 7.92. The second kappa shape index (κ2) is 9.24. The van der Waals surface area contributed by atoms with Crippen LogP contribution in [0.5, 0.6) is 0 Å². The van der Waals surface area contributed by atoms with E-state index in [1.807, 2.05) is 30.9 Å². The predicted octanol–water partition coefficient (Wildman–Crippen LogP) is 3.56. The van der Waals surface area contributed by atoms with E-state index in [0.717, 1.165) is 43.7 Å². The van der Waals surface area contributed by atoms with Crippen molar-refractivity contribution in [3.05, 3.63) is 42.4 Å². The molecule has 0 spiro atoms. The smallest absolute Gasteiger partial charge is 0.227 e. The standard InChI is InChI=1S/C23H29N7O/c1-4-29(5-2)22(31)17-9-7-11-30(14-17)23-24-13-19-20(28-23)21(26-15-25-19)27-18-10-6-8-16(3)12-18/h6,8,10,12-13,15,17H,4-5,7,9,11,14H2,1-3H3,(H,25,26,27). The molecule has 1 fully saturated rings. The van der Waals surface area contributed by atoms with Crippen LogP contribution in [0.2, 0.25) is 0 Å². The SMILES string of the molecule is CCN(CC)C(=O)C1CCCN(c2ncc3ncnc(Nc4cccc(C)c4)c3n2)C1. The third-order valence-electron chi connectivity index (χ3n) is 5.77. The van der Waals surface area contributed by atoms with E-state index < -0.39 is 0 Å². The third-order valence-corrected chi connectivity index (χ3v) is 5.77. The fourth-order valence-electron chi connectivity index (χ4n) is 4.10. The van der Waals surface area contributed by atoms with E-state index >= 15 is 0 Å². The normalized spacial score (nSPS) is 16.4. The molecule has 1 aromatic carbocycles. The van der Waals surface area contributed by atoms with Gasteiger partial charge in [0.05, 0.1) is 12.1 Å². The van der Waals surface area contributed by atoms with Gasteiger partial charge < -0.3 is 15.1 Å². The molecule has 1 aliphatic rings. The highest BCUT2D eigenvalue weighted by Crippen LogP contribution is 2.26. The first kappa shape index (κ1) is 21.0. The Kier molecular flexibility index (Phi) is 6.25. The zero-order chi connectivity index (χ0) is 21.8. The minimum Gasteiger partial charge on any atom is -0.343 e. The van der Waals surface area contributed by atoms with Gasteiger partial charge >= 0.3 is 0 Å². The van der Waals surface area contributed by atoms with Crippen molar-refractivity contribution in [1.29, 1.82) is 0 Å². The Bertz CT molecular complexity index is 1070. The number of rotatable bonds is 6. The summed E-state index contributed by atoms with van der Waals surface area (Å²) in [7, 11) is 0. The van der Waals surface area contributed by atoms with Crippen molar-refractivity contribution in [1.82, 2.24) is 24.8 Å². The van der Waals surface area contributed by atoms with Crippen LogP contribution in [0.15, 0.2) is 36.8 Å². The van der Waals surface area contributed by atoms with Gasteiger partial charge in [0, 0.05) is 31.9 Å². The number of amides is 1. The number of aryl methyl sites for hydroxylation is 1. The number of nitrogens with one attached hydrogen (secondary N) is 1. The summed E-state index contributed by atoms with van der Waals surface area (Å²) < 4.78 is 0. The lowest BCUT2D eigenvalue weighted by Gasteiger charge is -2.34. The van der Waals surface area contributed by atoms with Crippen LogP contribution in [0.25, 0.3) is 11.0 Å². The van der Waals surface area contributed by atoms with Crippen molar-refractivity contribution >= 4 is 34.4 Å². The lowest BCUT2D eigenvalue weighted by atomic mass is 9.96. The molecule has 0 aliphatic carbocycles. The third kappa shape index (κ3) is 4.57. The minimum absolute atomic E-state index is 0.0233. The minimum atomic E-state index is -0.0233. The maximum atomic E-state index is 12.9. The Morgan fingerprint density at radius 1 is 1.23 bits per heavy atom. The number of hydrogen-bond donors (Lipinski definition) is 1. The van der Waals surface area contributed by atoms with Gasteiger partial charge in [0.2, 0.25) is 11.9 Å². The van der Waals surface area contributed by atoms with Crippen molar-refractivity contribution in [2.24, 2.45) is 5.92 Å². The lowest BCUT2D eigenvalue weighted by Crippen LogP contribution is -2.45. The lowest BCUT2D eigenvalue weighted by molar-refractivity contribution is -0.135. The fourth-order valence-corrected chi connectivity index (χ4v) is 4.10. The van der Waals surface area contributed by atoms with Gasteiger partial charge in [-0.1, -0.05) is 12.1 Å². The summed E-state index contributed by atoms with van der Waals surface area (Å²) in [4.78, 5) is 35.0. The number of benzene rings is 1. The Morgan fingerprint density at radius 2 is 2.06 bits per heavy atom. The monoisotopic (exact) mass is 419 g/mol. The molecule has 1 atom stereocenters. The quantitative estimate of drug-likeness (QED) is 0.654. The van der Waals surface area contributed by atoms with Crippen LogP contribution < -0.4 is 10.2 Å². The predicted molar refractivity (Wildman–Crippen MR) is 122 cm³/mol. The van der Waals surface area contributed by atoms with Gasteiger partial charge in [0.15, 0.2) is 5.82 Å². The van der Waals surface area contributed by atoms with E-state index in [1.54, 1.807) is 6.20 Å². The molecule has 1 N–H and O–H groups in total. The van der Waals surface area contributed by atoms with Crippen molar-refractivity contribution < 1.29 is 4.79 Å². The molecule has 0 radical (unpaired) electrons. The number of fused-ring (bicyclic) bond motifs is 1. The van der Waals surface area contributed by atoms with Crippen molar-refractivity contribution in [2.75, 3.05) is 36.4 Å². The summed E-state index contributed by atoms with van der Waals surface area (Å²) in [5.41, 5.74) is 3.46. The zero-order valence-corrected chi connectivity index (χ0v) is 18.4. The molecule has 0 bridgehead atoms. The molecule has 3 heterocycles. The number of carbonyl (C=O) groups excluding carboxylic acids is 1. The van der Waals surface area contributed by atoms with Crippen LogP contribution in [0.3, 0.4) is 0 Å². The molecule has 3 aromatic rings. The van der Waals surface area contributed by atoms with Crippen molar-refractivity contribution in [3.63, 3.8) is 0 Å². The molecule has 1 saturated heterocycles. The largest absolute Gasteiger partial charge is 0.343 e. The van der Waals surface area contributed by atoms with E-state index in [2.05, 4.69) is 44.2 Å². The highest BCUT2D eigenvalue weighted by Gasteiger charge is 2.29. The number of carbonyl (C=O) groups is 1. The van der Waals surface area contributed by atoms with E-state index in [1.165, 1.54) is 6.33 Å². The topological polar surface area (TPSA) is 87.1 Å². The van der Waals surface area contributed by atoms with Crippen LogP contribution >= 0.6 is 0 Å². The molecule has 8 nitrogen and oxygen atoms in total. The van der Waals surface area contributed by atoms with Gasteiger partial charge in [-0.2, -0.15) is 0 Å². The zero-order valence-electron chi connectivity index (χ0n) is 18.4. The Morgan fingerprint density at radius 3 is 2.84 bits per heavy atom. The first-order chi connectivity index (χ1) is 15.1. The van der Waals surface area contributed by atoms with Crippen molar-refractivity contribution in [3.8, 4) is 0 Å². The first-order valence-electron chi connectivity index (χ1n) is 10.9. The molecular formula is C23H29N7O. The van der Waals surface area contributed by atoms with Gasteiger partial charge in [-0.3, -0.25) is 4.79 Å². The second-order valence-corrected chi connectivity index (χ2v) is 7.92. The molecule has 1 aliphatic heterocycles. The Balaban J connectivity index is 1.60. The van der Waals surface area contributed by atoms with E-state index in [9.17, 15) is 4.79 Å². The van der Waals surface area contributed by atoms with Crippen LogP contribution in [-0.4, -0.2) is 56.9 Å². The average molecular weight is 420 g/mol. The summed E-state index contributed by atoms with van der Waals surface area (Å²) in [6.07, 6.45) is 5.10. The van der Waals surface area contributed by atoms with Gasteiger partial charge in [-0.05, 0) is 51.3 Å². The molecule has 4 rings (SSSR count). The maximum Gasteiger partial charge on any atom is 0.227 e. The van der Waals surface area contributed by atoms with Gasteiger partial charge in [0.25, 0.3) is 0 Å². The molecule has 1 amide bonds. The summed E-state index contributed by atoms with van der Waals surface area (Å²) >= 11 is 0. The molecule has 8 heteroatoms. The molecule has 31 heavy (non-hydrogen) atoms. The molecule has 162 valence electrons. The summed E-state index contributed by atoms with van der Waals surface area (Å²) in [5, 5.41) is 3.35. The number of piperidine rings is 1. The highest BCUT2D eigenvalue weighted by atomic mass is 16.2. The van der Waals surface area contributed by atoms with E-state index in [0.29, 0.717) is 29.3 Å². The summed E-state index contributed by atoms with van der Waals surface area (Å²) in [6.45, 7) is 9.05. The fraction of sp³-hybridized carbons (Fsp3) is 0.435. The van der Waals surface area contributed by atoms with Crippen LogP contribution in [0.4, 0.5) is 17.5 Å². The average Bonchev–Trinajstić information content (AvgIpc) is 2.80. The number of anilines is 3. The van der Waals surface area contributed by atoms with E-state index in [4.69, 9.17) is 4.98 Å². The molecule has 2 aromatic heterocycles. The van der Waals surface area contributed by atoms with Gasteiger partial charge in [0.1, 0.15) is 17.4 Å². The van der Waals surface area contributed by atoms with Gasteiger partial charge in [-0.25, -0.2) is 19.9 Å². The number of nitrogens with zero attached hydrogens (tertiary/aromatic N) is 6. The van der Waals surface area contributed by atoms with Crippen molar-refractivity contribution in [2.45, 2.75) is 33.6 Å². The molecular weight excluding hydrogens is 390 g/mol. The highest BCUT2D eigenvalue weighted by molar-refractivity contribution is 5.87. The Labute approximate surface area is 182 Å².